The summed E-state index contributed by atoms with van der Waals surface area (Å²) in [6, 6.07) is 2.29. The van der Waals surface area contributed by atoms with Crippen molar-refractivity contribution >= 4 is 17.4 Å². The van der Waals surface area contributed by atoms with Crippen molar-refractivity contribution in [1.29, 1.82) is 0 Å². The highest BCUT2D eigenvalue weighted by Crippen LogP contribution is 2.39. The van der Waals surface area contributed by atoms with Gasteiger partial charge in [-0.25, -0.2) is 4.68 Å². The van der Waals surface area contributed by atoms with Gasteiger partial charge < -0.3 is 5.84 Å². The molecule has 0 fully saturated rings. The second-order valence-electron chi connectivity index (χ2n) is 5.97. The van der Waals surface area contributed by atoms with E-state index in [0.717, 1.165) is 23.9 Å². The van der Waals surface area contributed by atoms with E-state index in [2.05, 4.69) is 10.2 Å². The monoisotopic (exact) mass is 361 g/mol. The lowest BCUT2D eigenvalue weighted by Gasteiger charge is -2.16. The topological polar surface area (TPSA) is 99.9 Å². The van der Waals surface area contributed by atoms with Crippen LogP contribution in [0.1, 0.15) is 32.2 Å². The maximum atomic E-state index is 12.7. The van der Waals surface area contributed by atoms with Crippen molar-refractivity contribution in [3.8, 4) is 0 Å². The average molecular weight is 361 g/mol. The predicted molar refractivity (Wildman–Crippen MR) is 81.1 cm³/mol. The molecule has 1 heterocycles. The van der Waals surface area contributed by atoms with Gasteiger partial charge in [-0.05, 0) is 23.9 Å². The first-order chi connectivity index (χ1) is 10.9. The van der Waals surface area contributed by atoms with Crippen LogP contribution in [0.4, 0.5) is 18.9 Å². The standard InChI is InChI=1S/C13H14F3N5O2S/c1-12(2,3)10-18-19-11(20(10)17)24-9-5-4-7(13(14,15)16)6-8(9)21(22)23/h4-6H,17H2,1-3H3. The minimum absolute atomic E-state index is 0.00689. The molecule has 0 amide bonds. The SMILES string of the molecule is CC(C)(C)c1nnc(Sc2ccc(C(F)(F)F)cc2[N+](=O)[O-])n1N. The fraction of sp³-hybridized carbons (Fsp3) is 0.385. The lowest BCUT2D eigenvalue weighted by Crippen LogP contribution is -2.24. The van der Waals surface area contributed by atoms with Crippen LogP contribution in [0.5, 0.6) is 0 Å². The molecule has 0 saturated carbocycles. The van der Waals surface area contributed by atoms with Gasteiger partial charge in [-0.2, -0.15) is 13.2 Å². The van der Waals surface area contributed by atoms with Gasteiger partial charge in [0.05, 0.1) is 15.4 Å². The largest absolute Gasteiger partial charge is 0.416 e. The first-order valence-corrected chi connectivity index (χ1v) is 7.47. The Morgan fingerprint density at radius 1 is 1.25 bits per heavy atom. The fourth-order valence-electron chi connectivity index (χ4n) is 1.88. The second kappa shape index (κ2) is 5.96. The van der Waals surface area contributed by atoms with Gasteiger partial charge in [-0.3, -0.25) is 10.1 Å². The summed E-state index contributed by atoms with van der Waals surface area (Å²) in [7, 11) is 0. The number of nitro benzene ring substituents is 1. The van der Waals surface area contributed by atoms with Gasteiger partial charge in [0.25, 0.3) is 5.69 Å². The Kier molecular flexibility index (Phi) is 4.48. The molecule has 2 aromatic rings. The predicted octanol–water partition coefficient (Wildman–Crippen LogP) is 3.37. The molecule has 2 rings (SSSR count). The summed E-state index contributed by atoms with van der Waals surface area (Å²) in [5.41, 5.74) is -2.18. The zero-order chi connectivity index (χ0) is 18.3. The number of alkyl halides is 3. The summed E-state index contributed by atoms with van der Waals surface area (Å²) in [5, 5.41) is 19.0. The van der Waals surface area contributed by atoms with Crippen molar-refractivity contribution in [1.82, 2.24) is 14.9 Å². The van der Waals surface area contributed by atoms with Crippen LogP contribution in [-0.4, -0.2) is 19.8 Å². The van der Waals surface area contributed by atoms with E-state index < -0.39 is 27.8 Å². The molecule has 0 saturated heterocycles. The normalized spacial score (nSPS) is 12.4. The number of rotatable bonds is 3. The van der Waals surface area contributed by atoms with Gasteiger partial charge in [-0.15, -0.1) is 10.2 Å². The van der Waals surface area contributed by atoms with Crippen molar-refractivity contribution in [2.75, 3.05) is 5.84 Å². The summed E-state index contributed by atoms with van der Waals surface area (Å²) in [4.78, 5) is 10.2. The zero-order valence-electron chi connectivity index (χ0n) is 13.0. The molecule has 7 nitrogen and oxygen atoms in total. The molecule has 130 valence electrons. The molecule has 24 heavy (non-hydrogen) atoms. The lowest BCUT2D eigenvalue weighted by molar-refractivity contribution is -0.388. The molecule has 11 heteroatoms. The molecule has 1 aromatic carbocycles. The first kappa shape index (κ1) is 18.0. The van der Waals surface area contributed by atoms with Crippen molar-refractivity contribution in [2.24, 2.45) is 0 Å². The smallest absolute Gasteiger partial charge is 0.336 e. The van der Waals surface area contributed by atoms with Crippen LogP contribution in [-0.2, 0) is 11.6 Å². The van der Waals surface area contributed by atoms with Gasteiger partial charge in [0.15, 0.2) is 5.82 Å². The number of aromatic nitrogens is 3. The van der Waals surface area contributed by atoms with E-state index in [1.807, 2.05) is 20.8 Å². The molecule has 0 radical (unpaired) electrons. The Hall–Kier alpha value is -2.30. The number of nitrogens with zero attached hydrogens (tertiary/aromatic N) is 4. The van der Waals surface area contributed by atoms with E-state index in [-0.39, 0.29) is 10.1 Å². The Bertz CT molecular complexity index is 783. The average Bonchev–Trinajstić information content (AvgIpc) is 2.79. The molecule has 0 aliphatic heterocycles. The molecule has 0 bridgehead atoms. The van der Waals surface area contributed by atoms with Gasteiger partial charge in [0.2, 0.25) is 5.16 Å². The van der Waals surface area contributed by atoms with E-state index in [4.69, 9.17) is 5.84 Å². The van der Waals surface area contributed by atoms with Crippen LogP contribution < -0.4 is 5.84 Å². The van der Waals surface area contributed by atoms with E-state index in [1.165, 1.54) is 4.68 Å². The van der Waals surface area contributed by atoms with Crippen molar-refractivity contribution in [2.45, 2.75) is 42.4 Å². The summed E-state index contributed by atoms with van der Waals surface area (Å²) in [6.45, 7) is 5.57. The van der Waals surface area contributed by atoms with Gasteiger partial charge in [0.1, 0.15) is 0 Å². The van der Waals surface area contributed by atoms with E-state index >= 15 is 0 Å². The number of hydrogen-bond donors (Lipinski definition) is 1. The minimum Gasteiger partial charge on any atom is -0.336 e. The highest BCUT2D eigenvalue weighted by atomic mass is 32.2. The highest BCUT2D eigenvalue weighted by molar-refractivity contribution is 7.99. The van der Waals surface area contributed by atoms with Crippen LogP contribution in [0.15, 0.2) is 28.3 Å². The Labute approximate surface area is 139 Å². The first-order valence-electron chi connectivity index (χ1n) is 6.65. The third-order valence-electron chi connectivity index (χ3n) is 3.02. The molecular weight excluding hydrogens is 347 g/mol. The van der Waals surface area contributed by atoms with Crippen molar-refractivity contribution in [3.63, 3.8) is 0 Å². The molecule has 0 atom stereocenters. The second-order valence-corrected chi connectivity index (χ2v) is 6.97. The number of halogens is 3. The van der Waals surface area contributed by atoms with Crippen LogP contribution in [0.3, 0.4) is 0 Å². The molecule has 0 aliphatic carbocycles. The quantitative estimate of drug-likeness (QED) is 0.511. The third kappa shape index (κ3) is 3.61. The van der Waals surface area contributed by atoms with E-state index in [1.54, 1.807) is 0 Å². The number of benzene rings is 1. The van der Waals surface area contributed by atoms with Gasteiger partial charge in [0, 0.05) is 11.5 Å². The van der Waals surface area contributed by atoms with Gasteiger partial charge in [-0.1, -0.05) is 20.8 Å². The van der Waals surface area contributed by atoms with Crippen LogP contribution in [0.2, 0.25) is 0 Å². The highest BCUT2D eigenvalue weighted by Gasteiger charge is 2.33. The molecule has 0 unspecified atom stereocenters. The Balaban J connectivity index is 2.44. The summed E-state index contributed by atoms with van der Waals surface area (Å²) < 4.78 is 39.3. The molecule has 2 N–H and O–H groups in total. The van der Waals surface area contributed by atoms with Crippen LogP contribution in [0.25, 0.3) is 0 Å². The van der Waals surface area contributed by atoms with Crippen LogP contribution in [0, 0.1) is 10.1 Å². The maximum absolute atomic E-state index is 12.7. The van der Waals surface area contributed by atoms with E-state index in [9.17, 15) is 23.3 Å². The molecule has 0 spiro atoms. The lowest BCUT2D eigenvalue weighted by atomic mass is 9.96. The van der Waals surface area contributed by atoms with Crippen LogP contribution >= 0.6 is 11.8 Å². The minimum atomic E-state index is -4.67. The summed E-state index contributed by atoms with van der Waals surface area (Å²) in [5.74, 6) is 6.33. The number of nitrogens with two attached hydrogens (primary N) is 1. The molecule has 0 aliphatic rings. The number of hydrogen-bond acceptors (Lipinski definition) is 6. The summed E-state index contributed by atoms with van der Waals surface area (Å²) >= 11 is 0.781. The zero-order valence-corrected chi connectivity index (χ0v) is 13.8. The third-order valence-corrected chi connectivity index (χ3v) is 4.05. The molecule has 1 aromatic heterocycles. The number of nitro groups is 1. The van der Waals surface area contributed by atoms with Crippen molar-refractivity contribution < 1.29 is 18.1 Å². The van der Waals surface area contributed by atoms with Crippen molar-refractivity contribution in [3.05, 3.63) is 39.7 Å². The van der Waals surface area contributed by atoms with Gasteiger partial charge >= 0.3 is 6.18 Å². The fourth-order valence-corrected chi connectivity index (χ4v) is 2.72. The maximum Gasteiger partial charge on any atom is 0.416 e. The Morgan fingerprint density at radius 2 is 1.88 bits per heavy atom. The molecular formula is C13H14F3N5O2S. The number of nitrogen functional groups attached to an aromatic ring is 1. The van der Waals surface area contributed by atoms with E-state index in [0.29, 0.717) is 11.9 Å². The Morgan fingerprint density at radius 3 is 2.33 bits per heavy atom. The summed E-state index contributed by atoms with van der Waals surface area (Å²) in [6.07, 6.45) is -4.67.